The topological polar surface area (TPSA) is 60.4 Å². The normalized spacial score (nSPS) is 14.9. The third-order valence-electron chi connectivity index (χ3n) is 5.69. The van der Waals surface area contributed by atoms with E-state index in [1.165, 1.54) is 10.4 Å². The van der Waals surface area contributed by atoms with Gasteiger partial charge in [-0.25, -0.2) is 0 Å². The number of alkyl halides is 1. The first-order valence-electron chi connectivity index (χ1n) is 10.6. The largest absolute Gasteiger partial charge is 0.641 e. The van der Waals surface area contributed by atoms with Crippen molar-refractivity contribution in [2.75, 3.05) is 7.11 Å². The molecule has 10 heteroatoms. The van der Waals surface area contributed by atoms with Crippen molar-refractivity contribution in [2.24, 2.45) is 4.99 Å². The zero-order chi connectivity index (χ0) is 24.1. The van der Waals surface area contributed by atoms with Gasteiger partial charge >= 0.3 is 0 Å². The second-order valence-electron chi connectivity index (χ2n) is 7.96. The molecule has 1 atom stereocenters. The number of amides is 1. The molecule has 0 N–H and O–H groups in total. The van der Waals surface area contributed by atoms with Crippen molar-refractivity contribution in [3.63, 3.8) is 0 Å². The van der Waals surface area contributed by atoms with E-state index in [1.807, 2.05) is 43.5 Å². The maximum Gasteiger partial charge on any atom is 0.211 e. The zero-order valence-electron chi connectivity index (χ0n) is 19.2. The summed E-state index contributed by atoms with van der Waals surface area (Å²) in [7, 11) is 1.62. The van der Waals surface area contributed by atoms with E-state index in [0.717, 1.165) is 35.1 Å². The first-order chi connectivity index (χ1) is 16.5. The Hall–Kier alpha value is -1.20. The maximum atomic E-state index is 11.6. The molecule has 0 saturated carbocycles. The molecule has 1 aliphatic rings. The zero-order valence-corrected chi connectivity index (χ0v) is 24.5. The fraction of sp³-hybridized carbons (Fsp3) is 0.280. The van der Waals surface area contributed by atoms with Crippen molar-refractivity contribution in [1.29, 1.82) is 0 Å². The molecule has 4 rings (SSSR count). The number of hydrogen-bond acceptors (Lipinski definition) is 7. The van der Waals surface area contributed by atoms with Gasteiger partial charge in [0.2, 0.25) is 6.41 Å². The SMILES string of the molecule is COc1cc(C)c(/C=N\C2Cc3sccc3CN2C=O)cc1OCc1cc(CBr)cc(O[S-])c1.[Tb]. The summed E-state index contributed by atoms with van der Waals surface area (Å²) in [6.45, 7) is 2.91. The minimum Gasteiger partial charge on any atom is -0.641 e. The van der Waals surface area contributed by atoms with Crippen molar-refractivity contribution in [3.05, 3.63) is 74.5 Å². The van der Waals surface area contributed by atoms with Crippen LogP contribution < -0.4 is 13.7 Å². The molecule has 0 bridgehead atoms. The number of benzene rings is 2. The van der Waals surface area contributed by atoms with Crippen LogP contribution in [0.1, 0.15) is 32.7 Å². The van der Waals surface area contributed by atoms with Gasteiger partial charge < -0.3 is 31.5 Å². The Balaban J connectivity index is 0.00000342. The molecule has 2 aromatic carbocycles. The van der Waals surface area contributed by atoms with Crippen LogP contribution in [0.15, 0.2) is 46.8 Å². The number of carbonyl (C=O) groups excluding carboxylic acids is 1. The second-order valence-corrected chi connectivity index (χ2v) is 9.69. The van der Waals surface area contributed by atoms with Crippen molar-refractivity contribution in [1.82, 2.24) is 4.90 Å². The molecule has 2 heterocycles. The van der Waals surface area contributed by atoms with Gasteiger partial charge in [-0.05, 0) is 70.5 Å². The van der Waals surface area contributed by atoms with Gasteiger partial charge in [-0.15, -0.1) is 11.3 Å². The molecule has 3 aromatic rings. The molecule has 0 saturated heterocycles. The maximum absolute atomic E-state index is 11.6. The van der Waals surface area contributed by atoms with Gasteiger partial charge in [-0.2, -0.15) is 0 Å². The van der Waals surface area contributed by atoms with E-state index >= 15 is 0 Å². The molecule has 0 aliphatic carbocycles. The van der Waals surface area contributed by atoms with Crippen LogP contribution in [0.4, 0.5) is 0 Å². The number of thiophene rings is 1. The van der Waals surface area contributed by atoms with Gasteiger partial charge in [-0.1, -0.05) is 22.0 Å². The van der Waals surface area contributed by atoms with E-state index in [-0.39, 0.29) is 44.8 Å². The van der Waals surface area contributed by atoms with Gasteiger partial charge in [0.15, 0.2) is 11.5 Å². The van der Waals surface area contributed by atoms with Crippen molar-refractivity contribution >= 4 is 52.8 Å². The molecule has 187 valence electrons. The average molecular weight is 719 g/mol. The van der Waals surface area contributed by atoms with Crippen LogP contribution in [0, 0.1) is 45.5 Å². The van der Waals surface area contributed by atoms with E-state index in [4.69, 9.17) is 31.6 Å². The Morgan fingerprint density at radius 2 is 2.03 bits per heavy atom. The van der Waals surface area contributed by atoms with E-state index in [1.54, 1.807) is 23.3 Å². The molecule has 1 radical (unpaired) electrons. The number of nitrogens with zero attached hydrogens (tertiary/aromatic N) is 2. The predicted molar refractivity (Wildman–Crippen MR) is 140 cm³/mol. The number of methoxy groups -OCH3 is 1. The fourth-order valence-electron chi connectivity index (χ4n) is 3.87. The number of ether oxygens (including phenoxy) is 2. The van der Waals surface area contributed by atoms with Crippen LogP contribution in [0.2, 0.25) is 0 Å². The van der Waals surface area contributed by atoms with Crippen LogP contribution in [0.3, 0.4) is 0 Å². The van der Waals surface area contributed by atoms with Crippen LogP contribution in [-0.4, -0.2) is 30.8 Å². The van der Waals surface area contributed by atoms with Gasteiger partial charge in [-0.3, -0.25) is 9.79 Å². The number of aliphatic imine (C=N–C) groups is 1. The number of halogens is 1. The standard InChI is InChI=1S/C25H25BrN2O4S2.Tb/c1-16-5-22(30-2)23(31-14-18-6-17(11-26)7-21(8-18)32-33)9-20(16)12-27-25-10-24-19(3-4-34-24)13-28(25)15-29;/h3-9,12,15,25,33H,10-11,13-14H2,1-2H3;/p-1/b27-12-;. The van der Waals surface area contributed by atoms with Crippen LogP contribution in [0.5, 0.6) is 17.2 Å². The van der Waals surface area contributed by atoms with Gasteiger partial charge in [0, 0.05) is 68.0 Å². The fourth-order valence-corrected chi connectivity index (χ4v) is 5.22. The smallest absolute Gasteiger partial charge is 0.211 e. The molecule has 0 spiro atoms. The Morgan fingerprint density at radius 1 is 1.23 bits per heavy atom. The summed E-state index contributed by atoms with van der Waals surface area (Å²) in [5.41, 5.74) is 5.09. The quantitative estimate of drug-likeness (QED) is 0.130. The summed E-state index contributed by atoms with van der Waals surface area (Å²) in [6, 6.07) is 11.7. The molecule has 0 fully saturated rings. The minimum absolute atomic E-state index is 0. The average Bonchev–Trinajstić information content (AvgIpc) is 3.33. The summed E-state index contributed by atoms with van der Waals surface area (Å²) >= 11 is 9.92. The Kier molecular flexibility index (Phi) is 10.8. The summed E-state index contributed by atoms with van der Waals surface area (Å²) in [5, 5.41) is 2.75. The Morgan fingerprint density at radius 3 is 2.74 bits per heavy atom. The number of carbonyl (C=O) groups is 1. The third-order valence-corrected chi connectivity index (χ3v) is 7.51. The van der Waals surface area contributed by atoms with Gasteiger partial charge in [0.1, 0.15) is 12.8 Å². The molecule has 1 aliphatic heterocycles. The molecule has 1 aromatic heterocycles. The number of hydrogen-bond donors (Lipinski definition) is 0. The molecular weight excluding hydrogens is 695 g/mol. The minimum atomic E-state index is -0.224. The number of fused-ring (bicyclic) bond motifs is 1. The van der Waals surface area contributed by atoms with Crippen LogP contribution in [0.25, 0.3) is 0 Å². The predicted octanol–water partition coefficient (Wildman–Crippen LogP) is 5.34. The summed E-state index contributed by atoms with van der Waals surface area (Å²) < 4.78 is 16.7. The molecule has 35 heavy (non-hydrogen) atoms. The second kappa shape index (κ2) is 13.4. The van der Waals surface area contributed by atoms with Crippen LogP contribution >= 0.6 is 27.3 Å². The van der Waals surface area contributed by atoms with Crippen molar-refractivity contribution < 1.29 is 57.1 Å². The monoisotopic (exact) mass is 718 g/mol. The summed E-state index contributed by atoms with van der Waals surface area (Å²) in [4.78, 5) is 19.4. The third kappa shape index (κ3) is 6.97. The molecular formula is C25H24BrN2O4S2Tb-. The van der Waals surface area contributed by atoms with E-state index in [0.29, 0.717) is 35.7 Å². The number of rotatable bonds is 9. The Labute approximate surface area is 254 Å². The first-order valence-corrected chi connectivity index (χ1v) is 13.0. The molecule has 6 nitrogen and oxygen atoms in total. The Bertz CT molecular complexity index is 1180. The van der Waals surface area contributed by atoms with Crippen molar-refractivity contribution in [3.8, 4) is 17.2 Å². The molecule has 1 amide bonds. The summed E-state index contributed by atoms with van der Waals surface area (Å²) in [5.74, 6) is 1.85. The van der Waals surface area contributed by atoms with Crippen LogP contribution in [-0.2, 0) is 42.6 Å². The van der Waals surface area contributed by atoms with Gasteiger partial charge in [0.05, 0.1) is 12.9 Å². The summed E-state index contributed by atoms with van der Waals surface area (Å²) in [6.07, 6.45) is 3.19. The number of aryl methyl sites for hydroxylation is 1. The first kappa shape index (κ1) is 28.4. The van der Waals surface area contributed by atoms with E-state index < -0.39 is 0 Å². The molecule has 1 unspecified atom stereocenters. The van der Waals surface area contributed by atoms with Crippen molar-refractivity contribution in [2.45, 2.75) is 38.0 Å². The van der Waals surface area contributed by atoms with E-state index in [9.17, 15) is 4.79 Å². The van der Waals surface area contributed by atoms with Gasteiger partial charge in [0.25, 0.3) is 0 Å². The van der Waals surface area contributed by atoms with E-state index in [2.05, 4.69) is 27.4 Å².